The van der Waals surface area contributed by atoms with E-state index in [4.69, 9.17) is 9.15 Å². The van der Waals surface area contributed by atoms with Gasteiger partial charge < -0.3 is 25.1 Å². The number of carbonyl (C=O) groups is 3. The Morgan fingerprint density at radius 2 is 1.63 bits per heavy atom. The third-order valence-corrected chi connectivity index (χ3v) is 8.01. The Hall–Kier alpha value is -5.13. The van der Waals surface area contributed by atoms with Crippen molar-refractivity contribution >= 4 is 62.9 Å². The molecule has 0 saturated carbocycles. The molecule has 3 N–H and O–H groups in total. The molecule has 0 atom stereocenters. The standard InChI is InChI=1S/C35H27BrFN3O5S/c1-44-31-10-6-5-9-27(31)32-18-14-25(45-32)20-30(40-34(42)22-7-3-2-4-8-22)35(43)38-24-12-15-26(16-13-24)46-21-33(41)39-29-17-11-23(36)19-28(29)37/h2-20H,21H2,1H3,(H,38,43)(H,39,41)(H,40,42)/b30-20+. The van der Waals surface area contributed by atoms with Crippen LogP contribution >= 0.6 is 27.7 Å². The Morgan fingerprint density at radius 1 is 0.891 bits per heavy atom. The molecule has 0 bridgehead atoms. The summed E-state index contributed by atoms with van der Waals surface area (Å²) < 4.78 is 26.0. The van der Waals surface area contributed by atoms with Crippen LogP contribution in [-0.2, 0) is 9.59 Å². The molecule has 4 aromatic carbocycles. The monoisotopic (exact) mass is 699 g/mol. The molecular formula is C35H27BrFN3O5S. The summed E-state index contributed by atoms with van der Waals surface area (Å²) in [7, 11) is 1.57. The van der Waals surface area contributed by atoms with Crippen LogP contribution in [0.2, 0.25) is 0 Å². The van der Waals surface area contributed by atoms with Crippen LogP contribution in [0.4, 0.5) is 15.8 Å². The second kappa shape index (κ2) is 15.2. The number of methoxy groups -OCH3 is 1. The number of hydrogen-bond acceptors (Lipinski definition) is 6. The molecule has 0 saturated heterocycles. The minimum absolute atomic E-state index is 0.0370. The highest BCUT2D eigenvalue weighted by atomic mass is 79.9. The fraction of sp³-hybridized carbons (Fsp3) is 0.0571. The van der Waals surface area contributed by atoms with E-state index in [9.17, 15) is 18.8 Å². The third-order valence-electron chi connectivity index (χ3n) is 6.50. The van der Waals surface area contributed by atoms with Crippen molar-refractivity contribution in [3.8, 4) is 17.1 Å². The lowest BCUT2D eigenvalue weighted by atomic mass is 10.1. The molecule has 8 nitrogen and oxygen atoms in total. The molecular weight excluding hydrogens is 673 g/mol. The summed E-state index contributed by atoms with van der Waals surface area (Å²) in [6.07, 6.45) is 1.45. The number of amides is 3. The van der Waals surface area contributed by atoms with Crippen LogP contribution in [-0.4, -0.2) is 30.6 Å². The minimum Gasteiger partial charge on any atom is -0.496 e. The molecule has 0 aliphatic rings. The Balaban J connectivity index is 1.28. The zero-order valence-electron chi connectivity index (χ0n) is 24.4. The van der Waals surface area contributed by atoms with Gasteiger partial charge in [-0.1, -0.05) is 46.3 Å². The number of rotatable bonds is 11. The quantitative estimate of drug-likeness (QED) is 0.0952. The van der Waals surface area contributed by atoms with Crippen molar-refractivity contribution in [1.82, 2.24) is 5.32 Å². The molecule has 1 heterocycles. The zero-order chi connectivity index (χ0) is 32.5. The second-order valence-electron chi connectivity index (χ2n) is 9.72. The molecule has 0 spiro atoms. The first-order valence-electron chi connectivity index (χ1n) is 13.9. The Bertz CT molecular complexity index is 1890. The van der Waals surface area contributed by atoms with Crippen molar-refractivity contribution in [3.05, 3.63) is 137 Å². The van der Waals surface area contributed by atoms with E-state index in [1.54, 1.807) is 79.9 Å². The van der Waals surface area contributed by atoms with Gasteiger partial charge in [0.25, 0.3) is 11.8 Å². The first kappa shape index (κ1) is 32.3. The summed E-state index contributed by atoms with van der Waals surface area (Å²) in [5, 5.41) is 8.04. The smallest absolute Gasteiger partial charge is 0.272 e. The fourth-order valence-corrected chi connectivity index (χ4v) is 5.30. The van der Waals surface area contributed by atoms with Gasteiger partial charge in [0, 0.05) is 26.7 Å². The first-order chi connectivity index (χ1) is 22.3. The number of hydrogen-bond donors (Lipinski definition) is 3. The van der Waals surface area contributed by atoms with Crippen LogP contribution in [0, 0.1) is 5.82 Å². The fourth-order valence-electron chi connectivity index (χ4n) is 4.27. The summed E-state index contributed by atoms with van der Waals surface area (Å²) in [5.41, 5.74) is 1.64. The highest BCUT2D eigenvalue weighted by molar-refractivity contribution is 9.10. The summed E-state index contributed by atoms with van der Waals surface area (Å²) >= 11 is 4.44. The highest BCUT2D eigenvalue weighted by Gasteiger charge is 2.17. The number of furan rings is 1. The largest absolute Gasteiger partial charge is 0.496 e. The predicted molar refractivity (Wildman–Crippen MR) is 181 cm³/mol. The van der Waals surface area contributed by atoms with Crippen molar-refractivity contribution in [1.29, 1.82) is 0 Å². The van der Waals surface area contributed by atoms with Crippen LogP contribution in [0.1, 0.15) is 16.1 Å². The molecule has 3 amide bonds. The molecule has 0 fully saturated rings. The van der Waals surface area contributed by atoms with E-state index in [-0.39, 0.29) is 23.0 Å². The number of halogens is 2. The van der Waals surface area contributed by atoms with E-state index in [0.29, 0.717) is 33.0 Å². The van der Waals surface area contributed by atoms with Crippen LogP contribution in [0.15, 0.2) is 129 Å². The van der Waals surface area contributed by atoms with Crippen molar-refractivity contribution in [3.63, 3.8) is 0 Å². The van der Waals surface area contributed by atoms with Gasteiger partial charge in [-0.25, -0.2) is 4.39 Å². The van der Waals surface area contributed by atoms with Gasteiger partial charge in [0.1, 0.15) is 28.8 Å². The maximum Gasteiger partial charge on any atom is 0.272 e. The van der Waals surface area contributed by atoms with E-state index in [2.05, 4.69) is 31.9 Å². The average molecular weight is 701 g/mol. The average Bonchev–Trinajstić information content (AvgIpc) is 3.54. The molecule has 1 aromatic heterocycles. The number of anilines is 2. The van der Waals surface area contributed by atoms with Gasteiger partial charge in [-0.2, -0.15) is 0 Å². The molecule has 0 aliphatic heterocycles. The first-order valence-corrected chi connectivity index (χ1v) is 15.7. The molecule has 5 rings (SSSR count). The van der Waals surface area contributed by atoms with Crippen molar-refractivity contribution < 1.29 is 27.9 Å². The lowest BCUT2D eigenvalue weighted by molar-refractivity contribution is -0.114. The Labute approximate surface area is 277 Å². The predicted octanol–water partition coefficient (Wildman–Crippen LogP) is 8.00. The van der Waals surface area contributed by atoms with Gasteiger partial charge in [-0.15, -0.1) is 11.8 Å². The summed E-state index contributed by atoms with van der Waals surface area (Å²) in [6.45, 7) is 0. The number of thioether (sulfide) groups is 1. The maximum absolute atomic E-state index is 14.0. The molecule has 11 heteroatoms. The lowest BCUT2D eigenvalue weighted by Crippen LogP contribution is -2.30. The number of nitrogens with one attached hydrogen (secondary N) is 3. The maximum atomic E-state index is 14.0. The molecule has 5 aromatic rings. The van der Waals surface area contributed by atoms with Crippen molar-refractivity contribution in [2.45, 2.75) is 4.90 Å². The Kier molecular flexibility index (Phi) is 10.7. The van der Waals surface area contributed by atoms with E-state index >= 15 is 0 Å². The van der Waals surface area contributed by atoms with E-state index in [1.807, 2.05) is 24.3 Å². The van der Waals surface area contributed by atoms with E-state index in [0.717, 1.165) is 10.5 Å². The molecule has 46 heavy (non-hydrogen) atoms. The van der Waals surface area contributed by atoms with Crippen LogP contribution in [0.5, 0.6) is 5.75 Å². The SMILES string of the molecule is COc1ccccc1-c1ccc(/C=C(/NC(=O)c2ccccc2)C(=O)Nc2ccc(SCC(=O)Nc3ccc(Br)cc3F)cc2)o1. The van der Waals surface area contributed by atoms with Crippen LogP contribution < -0.4 is 20.7 Å². The van der Waals surface area contributed by atoms with Crippen molar-refractivity contribution in [2.75, 3.05) is 23.5 Å². The summed E-state index contributed by atoms with van der Waals surface area (Å²) in [4.78, 5) is 39.5. The molecule has 0 aliphatic carbocycles. The van der Waals surface area contributed by atoms with Gasteiger partial charge >= 0.3 is 0 Å². The second-order valence-corrected chi connectivity index (χ2v) is 11.7. The summed E-state index contributed by atoms with van der Waals surface area (Å²) in [5.74, 6) is -0.385. The zero-order valence-corrected chi connectivity index (χ0v) is 26.8. The van der Waals surface area contributed by atoms with Gasteiger partial charge in [0.2, 0.25) is 5.91 Å². The molecule has 0 radical (unpaired) electrons. The lowest BCUT2D eigenvalue weighted by Gasteiger charge is -2.11. The van der Waals surface area contributed by atoms with Gasteiger partial charge in [-0.3, -0.25) is 14.4 Å². The van der Waals surface area contributed by atoms with E-state index < -0.39 is 17.6 Å². The number of carbonyl (C=O) groups excluding carboxylic acids is 3. The van der Waals surface area contributed by atoms with Crippen LogP contribution in [0.3, 0.4) is 0 Å². The van der Waals surface area contributed by atoms with Crippen molar-refractivity contribution in [2.24, 2.45) is 0 Å². The molecule has 0 unspecified atom stereocenters. The Morgan fingerprint density at radius 3 is 2.37 bits per heavy atom. The number of para-hydroxylation sites is 1. The topological polar surface area (TPSA) is 110 Å². The summed E-state index contributed by atoms with van der Waals surface area (Å²) in [6, 6.07) is 30.6. The highest BCUT2D eigenvalue weighted by Crippen LogP contribution is 2.31. The molecule has 232 valence electrons. The normalized spacial score (nSPS) is 11.1. The number of benzene rings is 4. The van der Waals surface area contributed by atoms with Gasteiger partial charge in [0.15, 0.2) is 0 Å². The van der Waals surface area contributed by atoms with Crippen LogP contribution in [0.25, 0.3) is 17.4 Å². The van der Waals surface area contributed by atoms with Gasteiger partial charge in [-0.05, 0) is 78.9 Å². The minimum atomic E-state index is -0.573. The van der Waals surface area contributed by atoms with Gasteiger partial charge in [0.05, 0.1) is 24.1 Å². The number of ether oxygens (including phenoxy) is 1. The van der Waals surface area contributed by atoms with E-state index in [1.165, 1.54) is 30.0 Å². The third kappa shape index (κ3) is 8.52.